The van der Waals surface area contributed by atoms with Crippen LogP contribution in [0.3, 0.4) is 0 Å². The van der Waals surface area contributed by atoms with Crippen molar-refractivity contribution in [2.45, 2.75) is 19.1 Å². The third kappa shape index (κ3) is 5.11. The Morgan fingerprint density at radius 1 is 1.20 bits per heavy atom. The molecule has 1 amide bonds. The number of hydrogen-bond acceptors (Lipinski definition) is 7. The Balaban J connectivity index is 1.73. The molecular weight excluding hydrogens is 468 g/mol. The lowest BCUT2D eigenvalue weighted by Gasteiger charge is -2.26. The summed E-state index contributed by atoms with van der Waals surface area (Å²) in [5.41, 5.74) is 5.60. The summed E-state index contributed by atoms with van der Waals surface area (Å²) in [6.45, 7) is 1.63. The summed E-state index contributed by atoms with van der Waals surface area (Å²) >= 11 is 0. The summed E-state index contributed by atoms with van der Waals surface area (Å²) in [6.07, 6.45) is -2.95. The lowest BCUT2D eigenvalue weighted by molar-refractivity contribution is -0.137. The Bertz CT molecular complexity index is 1280. The monoisotopic (exact) mass is 490 g/mol. The number of nitrogens with two attached hydrogens (primary N) is 1. The van der Waals surface area contributed by atoms with E-state index in [1.54, 1.807) is 0 Å². The van der Waals surface area contributed by atoms with Crippen molar-refractivity contribution in [1.29, 1.82) is 0 Å². The average Bonchev–Trinajstić information content (AvgIpc) is 2.79. The number of ether oxygens (including phenoxy) is 1. The molecule has 0 atom stereocenters. The zero-order valence-electron chi connectivity index (χ0n) is 18.8. The van der Waals surface area contributed by atoms with Crippen molar-refractivity contribution in [3.63, 3.8) is 0 Å². The molecule has 8 nitrogen and oxygen atoms in total. The highest BCUT2D eigenvalue weighted by atomic mass is 19.4. The maximum atomic E-state index is 14.4. The lowest BCUT2D eigenvalue weighted by Crippen LogP contribution is -2.26. The Hall–Kier alpha value is -3.93. The summed E-state index contributed by atoms with van der Waals surface area (Å²) in [4.78, 5) is 22.2. The second-order valence-electron chi connectivity index (χ2n) is 8.04. The van der Waals surface area contributed by atoms with Gasteiger partial charge in [-0.05, 0) is 48.9 Å². The molecule has 2 aromatic carbocycles. The zero-order valence-corrected chi connectivity index (χ0v) is 18.8. The van der Waals surface area contributed by atoms with Crippen LogP contribution in [0.1, 0.15) is 27.0 Å². The number of carbonyl (C=O) groups excluding carboxylic acids is 1. The van der Waals surface area contributed by atoms with Crippen molar-refractivity contribution in [3.8, 4) is 5.75 Å². The molecule has 0 bridgehead atoms. The third-order valence-corrected chi connectivity index (χ3v) is 5.59. The number of aromatic nitrogens is 2. The highest BCUT2D eigenvalue weighted by Crippen LogP contribution is 2.38. The van der Waals surface area contributed by atoms with E-state index in [1.807, 2.05) is 19.2 Å². The molecule has 184 valence electrons. The number of carbonyl (C=O) groups is 1. The molecule has 1 aliphatic rings. The van der Waals surface area contributed by atoms with Crippen molar-refractivity contribution in [1.82, 2.24) is 14.9 Å². The average molecular weight is 490 g/mol. The molecule has 0 unspecified atom stereocenters. The fourth-order valence-corrected chi connectivity index (χ4v) is 3.84. The minimum Gasteiger partial charge on any atom is -0.495 e. The maximum Gasteiger partial charge on any atom is 0.418 e. The predicted octanol–water partition coefficient (Wildman–Crippen LogP) is 4.22. The predicted molar refractivity (Wildman–Crippen MR) is 122 cm³/mol. The van der Waals surface area contributed by atoms with Gasteiger partial charge >= 0.3 is 6.18 Å². The van der Waals surface area contributed by atoms with Crippen molar-refractivity contribution in [2.75, 3.05) is 31.3 Å². The molecule has 1 aromatic heterocycles. The molecule has 0 fully saturated rings. The van der Waals surface area contributed by atoms with Gasteiger partial charge < -0.3 is 26.0 Å². The number of nitrogens with zero attached hydrogens (tertiary/aromatic N) is 3. The SMILES string of the molecule is COc1cc2c(cc1Nc1ncc(C(N)=O)c(Nc3c(F)cccc3C(F)(F)F)n1)CN(C)CC2. The molecule has 3 aromatic rings. The van der Waals surface area contributed by atoms with Crippen LogP contribution in [0.2, 0.25) is 0 Å². The van der Waals surface area contributed by atoms with Crippen LogP contribution in [0.25, 0.3) is 0 Å². The van der Waals surface area contributed by atoms with Gasteiger partial charge in [0.25, 0.3) is 5.91 Å². The summed E-state index contributed by atoms with van der Waals surface area (Å²) in [7, 11) is 3.50. The Kier molecular flexibility index (Phi) is 6.48. The van der Waals surface area contributed by atoms with Crippen molar-refractivity contribution < 1.29 is 27.1 Å². The largest absolute Gasteiger partial charge is 0.495 e. The van der Waals surface area contributed by atoms with E-state index in [-0.39, 0.29) is 17.3 Å². The normalized spacial score (nSPS) is 13.8. The minimum absolute atomic E-state index is 0.0650. The summed E-state index contributed by atoms with van der Waals surface area (Å²) in [5.74, 6) is -2.12. The first-order chi connectivity index (χ1) is 16.6. The number of primary amides is 1. The van der Waals surface area contributed by atoms with Gasteiger partial charge in [-0.1, -0.05) is 6.07 Å². The molecule has 4 N–H and O–H groups in total. The van der Waals surface area contributed by atoms with Gasteiger partial charge in [-0.15, -0.1) is 0 Å². The van der Waals surface area contributed by atoms with Gasteiger partial charge in [-0.3, -0.25) is 4.79 Å². The van der Waals surface area contributed by atoms with Gasteiger partial charge in [-0.2, -0.15) is 18.2 Å². The van der Waals surface area contributed by atoms with Gasteiger partial charge in [0.15, 0.2) is 0 Å². The highest BCUT2D eigenvalue weighted by molar-refractivity contribution is 5.98. The number of halogens is 4. The van der Waals surface area contributed by atoms with E-state index in [1.165, 1.54) is 7.11 Å². The van der Waals surface area contributed by atoms with Crippen LogP contribution in [-0.2, 0) is 19.1 Å². The van der Waals surface area contributed by atoms with Crippen LogP contribution < -0.4 is 21.1 Å². The zero-order chi connectivity index (χ0) is 25.3. The van der Waals surface area contributed by atoms with Crippen molar-refractivity contribution in [2.24, 2.45) is 5.73 Å². The molecule has 0 radical (unpaired) electrons. The van der Waals surface area contributed by atoms with Gasteiger partial charge in [-0.25, -0.2) is 9.37 Å². The summed E-state index contributed by atoms with van der Waals surface area (Å²) in [6, 6.07) is 6.28. The number of likely N-dealkylation sites (N-methyl/N-ethyl adjacent to an activating group) is 1. The Morgan fingerprint density at radius 2 is 1.97 bits per heavy atom. The number of amides is 1. The number of methoxy groups -OCH3 is 1. The standard InChI is InChI=1S/C23H22F4N6O2/c1-33-7-6-12-9-18(35-2)17(8-13(12)11-33)30-22-29-10-14(20(28)34)21(32-22)31-19-15(23(25,26)27)4-3-5-16(19)24/h3-5,8-10H,6-7,11H2,1-2H3,(H2,28,34)(H2,29,30,31,32). The number of hydrogen-bond donors (Lipinski definition) is 3. The first kappa shape index (κ1) is 24.2. The van der Waals surface area contributed by atoms with Crippen LogP contribution in [0, 0.1) is 5.82 Å². The number of benzene rings is 2. The van der Waals surface area contributed by atoms with Crippen LogP contribution in [0.5, 0.6) is 5.75 Å². The van der Waals surface area contributed by atoms with E-state index < -0.39 is 29.2 Å². The summed E-state index contributed by atoms with van der Waals surface area (Å²) in [5, 5.41) is 5.25. The van der Waals surface area contributed by atoms with E-state index in [0.717, 1.165) is 49.0 Å². The molecule has 4 rings (SSSR count). The first-order valence-electron chi connectivity index (χ1n) is 10.5. The smallest absolute Gasteiger partial charge is 0.418 e. The number of nitrogens with one attached hydrogen (secondary N) is 2. The van der Waals surface area contributed by atoms with Crippen LogP contribution >= 0.6 is 0 Å². The molecule has 2 heterocycles. The Morgan fingerprint density at radius 3 is 2.66 bits per heavy atom. The van der Waals surface area contributed by atoms with Crippen LogP contribution in [0.4, 0.5) is 40.7 Å². The van der Waals surface area contributed by atoms with Crippen molar-refractivity contribution >= 4 is 29.0 Å². The fourth-order valence-electron chi connectivity index (χ4n) is 3.84. The topological polar surface area (TPSA) is 105 Å². The highest BCUT2D eigenvalue weighted by Gasteiger charge is 2.35. The second kappa shape index (κ2) is 9.37. The van der Waals surface area contributed by atoms with Gasteiger partial charge in [0.05, 0.1) is 24.0 Å². The van der Waals surface area contributed by atoms with Gasteiger partial charge in [0.2, 0.25) is 5.95 Å². The maximum absolute atomic E-state index is 14.4. The third-order valence-electron chi connectivity index (χ3n) is 5.59. The molecular formula is C23H22F4N6O2. The van der Waals surface area contributed by atoms with Crippen molar-refractivity contribution in [3.05, 3.63) is 64.6 Å². The van der Waals surface area contributed by atoms with Gasteiger partial charge in [0, 0.05) is 19.3 Å². The molecule has 0 saturated carbocycles. The van der Waals surface area contributed by atoms with E-state index >= 15 is 0 Å². The quantitative estimate of drug-likeness (QED) is 0.445. The van der Waals surface area contributed by atoms with E-state index in [2.05, 4.69) is 25.5 Å². The molecule has 1 aliphatic heterocycles. The molecule has 0 aliphatic carbocycles. The molecule has 0 spiro atoms. The fraction of sp³-hybridized carbons (Fsp3) is 0.261. The Labute approximate surface area is 198 Å². The molecule has 12 heteroatoms. The molecule has 0 saturated heterocycles. The molecule has 35 heavy (non-hydrogen) atoms. The first-order valence-corrected chi connectivity index (χ1v) is 10.5. The van der Waals surface area contributed by atoms with Crippen LogP contribution in [0.15, 0.2) is 36.5 Å². The summed E-state index contributed by atoms with van der Waals surface area (Å²) < 4.78 is 60.2. The number of alkyl halides is 3. The minimum atomic E-state index is -4.85. The number of anilines is 4. The number of para-hydroxylation sites is 1. The number of fused-ring (bicyclic) bond motifs is 1. The van der Waals surface area contributed by atoms with Gasteiger partial charge in [0.1, 0.15) is 22.9 Å². The lowest BCUT2D eigenvalue weighted by atomic mass is 9.99. The van der Waals surface area contributed by atoms with E-state index in [4.69, 9.17) is 10.5 Å². The van der Waals surface area contributed by atoms with E-state index in [9.17, 15) is 22.4 Å². The second-order valence-corrected chi connectivity index (χ2v) is 8.04. The van der Waals surface area contributed by atoms with Crippen LogP contribution in [-0.4, -0.2) is 41.5 Å². The van der Waals surface area contributed by atoms with E-state index in [0.29, 0.717) is 17.5 Å². The number of rotatable bonds is 6.